The third-order valence-corrected chi connectivity index (χ3v) is 5.07. The number of aromatic nitrogens is 2. The van der Waals surface area contributed by atoms with Gasteiger partial charge >= 0.3 is 0 Å². The Kier molecular flexibility index (Phi) is 7.62. The van der Waals surface area contributed by atoms with Gasteiger partial charge in [0, 0.05) is 52.4 Å². The van der Waals surface area contributed by atoms with Crippen LogP contribution in [0.1, 0.15) is 42.7 Å². The zero-order chi connectivity index (χ0) is 23.1. The van der Waals surface area contributed by atoms with Crippen molar-refractivity contribution in [3.05, 3.63) is 65.2 Å². The predicted octanol–water partition coefficient (Wildman–Crippen LogP) is 3.17. The van der Waals surface area contributed by atoms with Crippen molar-refractivity contribution in [3.63, 3.8) is 0 Å². The summed E-state index contributed by atoms with van der Waals surface area (Å²) >= 11 is 0. The van der Waals surface area contributed by atoms with Crippen LogP contribution < -0.4 is 27.1 Å². The van der Waals surface area contributed by atoms with E-state index in [0.29, 0.717) is 42.8 Å². The monoisotopic (exact) mass is 434 g/mol. The van der Waals surface area contributed by atoms with Crippen LogP contribution in [0.3, 0.4) is 0 Å². The van der Waals surface area contributed by atoms with Gasteiger partial charge in [0.1, 0.15) is 5.75 Å². The number of rotatable bonds is 9. The van der Waals surface area contributed by atoms with E-state index in [4.69, 9.17) is 21.3 Å². The normalized spacial score (nSPS) is 11.8. The van der Waals surface area contributed by atoms with Gasteiger partial charge in [-0.2, -0.15) is 0 Å². The van der Waals surface area contributed by atoms with Gasteiger partial charge in [0.05, 0.1) is 17.8 Å². The lowest BCUT2D eigenvalue weighted by Crippen LogP contribution is -2.27. The number of benzene rings is 1. The van der Waals surface area contributed by atoms with Crippen molar-refractivity contribution >= 4 is 16.8 Å². The molecule has 0 atom stereocenters. The fourth-order valence-corrected chi connectivity index (χ4v) is 3.42. The average Bonchev–Trinajstić information content (AvgIpc) is 2.78. The number of fused-ring (bicyclic) bond motifs is 1. The molecule has 1 aromatic carbocycles. The molecule has 3 aromatic rings. The van der Waals surface area contributed by atoms with Crippen LogP contribution in [0.15, 0.2) is 54.0 Å². The zero-order valence-corrected chi connectivity index (χ0v) is 18.7. The van der Waals surface area contributed by atoms with E-state index in [0.717, 1.165) is 33.8 Å². The fourth-order valence-electron chi connectivity index (χ4n) is 3.42. The van der Waals surface area contributed by atoms with Crippen molar-refractivity contribution in [2.45, 2.75) is 33.6 Å². The first-order valence-corrected chi connectivity index (χ1v) is 10.6. The standard InChI is InChI=1S/C24H30N6O2/c1-4-32-23-14-21(17-9-11-27-15(2)12-17)29-22-13-18(7-8-19(22)23)24(31)28-10-5-6-20(30-26)16(3)25/h7-9,11-14,30H,4-6,10,25-26H2,1-3H3,(H,28,31)/b20-16-. The van der Waals surface area contributed by atoms with Gasteiger partial charge in [0.25, 0.3) is 5.91 Å². The van der Waals surface area contributed by atoms with E-state index < -0.39 is 0 Å². The minimum Gasteiger partial charge on any atom is -0.493 e. The van der Waals surface area contributed by atoms with Crippen LogP contribution in [0, 0.1) is 6.92 Å². The number of ether oxygens (including phenoxy) is 1. The van der Waals surface area contributed by atoms with E-state index in [2.05, 4.69) is 15.7 Å². The number of hydrogen-bond acceptors (Lipinski definition) is 7. The summed E-state index contributed by atoms with van der Waals surface area (Å²) in [6.45, 7) is 6.70. The van der Waals surface area contributed by atoms with Crippen LogP contribution >= 0.6 is 0 Å². The first kappa shape index (κ1) is 23.0. The largest absolute Gasteiger partial charge is 0.493 e. The highest BCUT2D eigenvalue weighted by Crippen LogP contribution is 2.31. The van der Waals surface area contributed by atoms with Gasteiger partial charge in [0.15, 0.2) is 0 Å². The predicted molar refractivity (Wildman–Crippen MR) is 127 cm³/mol. The molecule has 0 aliphatic heterocycles. The maximum Gasteiger partial charge on any atom is 0.251 e. The van der Waals surface area contributed by atoms with Crippen LogP contribution in [-0.4, -0.2) is 29.0 Å². The molecule has 0 bridgehead atoms. The van der Waals surface area contributed by atoms with Crippen LogP contribution in [0.5, 0.6) is 5.75 Å². The minimum atomic E-state index is -0.160. The molecule has 2 aromatic heterocycles. The van der Waals surface area contributed by atoms with Gasteiger partial charge in [-0.1, -0.05) is 0 Å². The van der Waals surface area contributed by atoms with E-state index >= 15 is 0 Å². The van der Waals surface area contributed by atoms with Crippen LogP contribution in [0.2, 0.25) is 0 Å². The summed E-state index contributed by atoms with van der Waals surface area (Å²) in [7, 11) is 0. The Morgan fingerprint density at radius 2 is 2.00 bits per heavy atom. The molecule has 0 aliphatic rings. The van der Waals surface area contributed by atoms with Gasteiger partial charge in [-0.05, 0) is 63.9 Å². The van der Waals surface area contributed by atoms with Gasteiger partial charge < -0.3 is 21.2 Å². The summed E-state index contributed by atoms with van der Waals surface area (Å²) in [6.07, 6.45) is 3.13. The molecule has 3 rings (SSSR count). The van der Waals surface area contributed by atoms with Crippen molar-refractivity contribution < 1.29 is 9.53 Å². The molecule has 0 saturated carbocycles. The highest BCUT2D eigenvalue weighted by atomic mass is 16.5. The molecule has 0 spiro atoms. The number of hydrogen-bond donors (Lipinski definition) is 4. The molecular formula is C24H30N6O2. The SMILES string of the molecule is CCOc1cc(-c2ccnc(C)c2)nc2cc(C(=O)NCCC/C(NN)=C(\C)N)ccc12. The number of aryl methyl sites for hydroxylation is 1. The molecule has 0 aliphatic carbocycles. The Balaban J connectivity index is 1.83. The third-order valence-electron chi connectivity index (χ3n) is 5.07. The lowest BCUT2D eigenvalue weighted by molar-refractivity contribution is 0.0953. The van der Waals surface area contributed by atoms with Gasteiger partial charge in [0.2, 0.25) is 0 Å². The lowest BCUT2D eigenvalue weighted by Gasteiger charge is -2.12. The summed E-state index contributed by atoms with van der Waals surface area (Å²) in [4.78, 5) is 21.7. The second-order valence-electron chi connectivity index (χ2n) is 7.52. The van der Waals surface area contributed by atoms with Crippen molar-refractivity contribution in [1.82, 2.24) is 20.7 Å². The van der Waals surface area contributed by atoms with Gasteiger partial charge in [-0.3, -0.25) is 15.6 Å². The molecule has 0 fully saturated rings. The molecule has 6 N–H and O–H groups in total. The Labute approximate surface area is 188 Å². The summed E-state index contributed by atoms with van der Waals surface area (Å²) in [6, 6.07) is 11.3. The molecule has 1 amide bonds. The quantitative estimate of drug-likeness (QED) is 0.231. The number of amides is 1. The molecule has 0 saturated heterocycles. The summed E-state index contributed by atoms with van der Waals surface area (Å²) < 4.78 is 5.86. The first-order chi connectivity index (χ1) is 15.4. The number of carbonyl (C=O) groups is 1. The van der Waals surface area contributed by atoms with Crippen molar-refractivity contribution in [2.24, 2.45) is 11.6 Å². The fraction of sp³-hybridized carbons (Fsp3) is 0.292. The van der Waals surface area contributed by atoms with Crippen LogP contribution in [0.4, 0.5) is 0 Å². The molecule has 0 radical (unpaired) electrons. The molecule has 8 nitrogen and oxygen atoms in total. The molecule has 8 heteroatoms. The lowest BCUT2D eigenvalue weighted by atomic mass is 10.1. The minimum absolute atomic E-state index is 0.160. The maximum absolute atomic E-state index is 12.7. The third kappa shape index (κ3) is 5.53. The second-order valence-corrected chi connectivity index (χ2v) is 7.52. The summed E-state index contributed by atoms with van der Waals surface area (Å²) in [5.41, 5.74) is 13.6. The molecule has 0 unspecified atom stereocenters. The highest BCUT2D eigenvalue weighted by Gasteiger charge is 2.13. The summed E-state index contributed by atoms with van der Waals surface area (Å²) in [5.74, 6) is 6.04. The van der Waals surface area contributed by atoms with Crippen molar-refractivity contribution in [3.8, 4) is 17.0 Å². The zero-order valence-electron chi connectivity index (χ0n) is 18.7. The average molecular weight is 435 g/mol. The van der Waals surface area contributed by atoms with E-state index in [-0.39, 0.29) is 5.91 Å². The number of allylic oxidation sites excluding steroid dienone is 2. The number of pyridine rings is 2. The molecule has 2 heterocycles. The van der Waals surface area contributed by atoms with E-state index in [1.54, 1.807) is 25.3 Å². The number of nitrogens with zero attached hydrogens (tertiary/aromatic N) is 2. The van der Waals surface area contributed by atoms with E-state index in [1.165, 1.54) is 0 Å². The first-order valence-electron chi connectivity index (χ1n) is 10.6. The maximum atomic E-state index is 12.7. The Morgan fingerprint density at radius 3 is 2.69 bits per heavy atom. The highest BCUT2D eigenvalue weighted by molar-refractivity contribution is 5.99. The van der Waals surface area contributed by atoms with Crippen LogP contribution in [-0.2, 0) is 0 Å². The van der Waals surface area contributed by atoms with E-state index in [1.807, 2.05) is 38.1 Å². The Morgan fingerprint density at radius 1 is 1.19 bits per heavy atom. The molecule has 168 valence electrons. The topological polar surface area (TPSA) is 128 Å². The number of nitrogens with one attached hydrogen (secondary N) is 2. The number of hydrazine groups is 1. The smallest absolute Gasteiger partial charge is 0.251 e. The molecular weight excluding hydrogens is 404 g/mol. The Bertz CT molecular complexity index is 1140. The number of carbonyl (C=O) groups excluding carboxylic acids is 1. The van der Waals surface area contributed by atoms with Crippen molar-refractivity contribution in [2.75, 3.05) is 13.2 Å². The molecule has 32 heavy (non-hydrogen) atoms. The van der Waals surface area contributed by atoms with Gasteiger partial charge in [-0.25, -0.2) is 4.98 Å². The van der Waals surface area contributed by atoms with Crippen molar-refractivity contribution in [1.29, 1.82) is 0 Å². The van der Waals surface area contributed by atoms with Gasteiger partial charge in [-0.15, -0.1) is 0 Å². The second kappa shape index (κ2) is 10.6. The van der Waals surface area contributed by atoms with E-state index in [9.17, 15) is 4.79 Å². The van der Waals surface area contributed by atoms with Crippen LogP contribution in [0.25, 0.3) is 22.2 Å². The Hall–Kier alpha value is -3.65. The number of nitrogens with two attached hydrogens (primary N) is 2. The summed E-state index contributed by atoms with van der Waals surface area (Å²) in [5, 5.41) is 3.80.